The van der Waals surface area contributed by atoms with Crippen molar-refractivity contribution in [3.63, 3.8) is 0 Å². The molecule has 0 aromatic rings. The molecule has 5 nitrogen and oxygen atoms in total. The van der Waals surface area contributed by atoms with Crippen molar-refractivity contribution >= 4 is 11.8 Å². The molecule has 43 heavy (non-hydrogen) atoms. The molecular formula is C38H70N2O3. The average Bonchev–Trinajstić information content (AvgIpc) is 3.18. The topological polar surface area (TPSA) is 58.6 Å². The third-order valence-electron chi connectivity index (χ3n) is 11.2. The first-order valence-electron chi connectivity index (χ1n) is 18.8. The lowest BCUT2D eigenvalue weighted by molar-refractivity contribution is -0.221. The number of ether oxygens (including phenoxy) is 1. The second-order valence-corrected chi connectivity index (χ2v) is 15.8. The lowest BCUT2D eigenvalue weighted by Crippen LogP contribution is -2.73. The Hall–Kier alpha value is -1.10. The SMILES string of the molecule is CCCCCCCCCCCCCCC1C2(CC(C)(C)N(C(C)=O)C1(C)C)OC1(CCCCCCCCCCC1)NC2=O. The minimum Gasteiger partial charge on any atom is -0.339 e. The summed E-state index contributed by atoms with van der Waals surface area (Å²) in [5.41, 5.74) is -2.38. The van der Waals surface area contributed by atoms with E-state index in [9.17, 15) is 9.59 Å². The number of carbonyl (C=O) groups is 2. The summed E-state index contributed by atoms with van der Waals surface area (Å²) in [6.07, 6.45) is 30.3. The van der Waals surface area contributed by atoms with Gasteiger partial charge < -0.3 is 15.0 Å². The summed E-state index contributed by atoms with van der Waals surface area (Å²) < 4.78 is 7.31. The van der Waals surface area contributed by atoms with Gasteiger partial charge in [0.2, 0.25) is 5.91 Å². The van der Waals surface area contributed by atoms with Crippen LogP contribution in [0.1, 0.15) is 202 Å². The molecule has 3 rings (SSSR count). The predicted molar refractivity (Wildman–Crippen MR) is 180 cm³/mol. The first-order valence-corrected chi connectivity index (χ1v) is 18.8. The van der Waals surface area contributed by atoms with Gasteiger partial charge in [0, 0.05) is 30.3 Å². The molecule has 2 saturated heterocycles. The zero-order valence-electron chi connectivity index (χ0n) is 29.4. The molecule has 2 heterocycles. The van der Waals surface area contributed by atoms with E-state index in [0.717, 1.165) is 38.5 Å². The van der Waals surface area contributed by atoms with Crippen molar-refractivity contribution in [1.82, 2.24) is 10.2 Å². The molecule has 3 fully saturated rings. The molecule has 2 spiro atoms. The fourth-order valence-corrected chi connectivity index (χ4v) is 9.45. The fraction of sp³-hybridized carbons (Fsp3) is 0.947. The Kier molecular flexibility index (Phi) is 14.4. The Morgan fingerprint density at radius 2 is 1.19 bits per heavy atom. The van der Waals surface area contributed by atoms with E-state index in [1.54, 1.807) is 6.92 Å². The van der Waals surface area contributed by atoms with E-state index in [2.05, 4.69) is 44.8 Å². The number of amides is 2. The third-order valence-corrected chi connectivity index (χ3v) is 11.2. The summed E-state index contributed by atoms with van der Waals surface area (Å²) in [6, 6.07) is 0. The zero-order valence-corrected chi connectivity index (χ0v) is 29.4. The van der Waals surface area contributed by atoms with Crippen LogP contribution in [0.2, 0.25) is 0 Å². The Bertz CT molecular complexity index is 840. The van der Waals surface area contributed by atoms with Crippen molar-refractivity contribution in [3.05, 3.63) is 0 Å². The molecule has 2 unspecified atom stereocenters. The highest BCUT2D eigenvalue weighted by Crippen LogP contribution is 2.55. The average molecular weight is 603 g/mol. The number of rotatable bonds is 13. The number of piperidine rings is 1. The van der Waals surface area contributed by atoms with Crippen molar-refractivity contribution in [3.8, 4) is 0 Å². The molecule has 2 atom stereocenters. The van der Waals surface area contributed by atoms with Crippen LogP contribution in [0.3, 0.4) is 0 Å². The molecule has 1 saturated carbocycles. The highest BCUT2D eigenvalue weighted by Gasteiger charge is 2.68. The molecule has 0 bridgehead atoms. The Morgan fingerprint density at radius 1 is 0.744 bits per heavy atom. The van der Waals surface area contributed by atoms with Gasteiger partial charge in [-0.2, -0.15) is 0 Å². The smallest absolute Gasteiger partial charge is 0.255 e. The van der Waals surface area contributed by atoms with E-state index in [4.69, 9.17) is 4.74 Å². The van der Waals surface area contributed by atoms with E-state index in [0.29, 0.717) is 6.42 Å². The molecule has 2 aliphatic heterocycles. The predicted octanol–water partition coefficient (Wildman–Crippen LogP) is 10.4. The number of nitrogens with zero attached hydrogens (tertiary/aromatic N) is 1. The van der Waals surface area contributed by atoms with Crippen LogP contribution in [-0.2, 0) is 14.3 Å². The summed E-state index contributed by atoms with van der Waals surface area (Å²) in [7, 11) is 0. The normalized spacial score (nSPS) is 27.5. The van der Waals surface area contributed by atoms with Gasteiger partial charge in [-0.25, -0.2) is 0 Å². The molecule has 0 aromatic heterocycles. The van der Waals surface area contributed by atoms with Crippen LogP contribution in [0.15, 0.2) is 0 Å². The molecule has 5 heteroatoms. The molecular weight excluding hydrogens is 532 g/mol. The molecule has 3 aliphatic rings. The Balaban J connectivity index is 1.69. The highest BCUT2D eigenvalue weighted by molar-refractivity contribution is 5.89. The maximum atomic E-state index is 14.3. The van der Waals surface area contributed by atoms with Crippen LogP contribution in [-0.4, -0.2) is 39.1 Å². The molecule has 250 valence electrons. The molecule has 2 amide bonds. The minimum absolute atomic E-state index is 0.0270. The summed E-state index contributed by atoms with van der Waals surface area (Å²) >= 11 is 0. The number of nitrogens with one attached hydrogen (secondary N) is 1. The first kappa shape index (κ1) is 36.4. The second kappa shape index (κ2) is 17.0. The maximum Gasteiger partial charge on any atom is 0.255 e. The standard InChI is InChI=1S/C38H70N2O3/c1-7-8-9-10-11-12-13-14-16-19-22-25-28-33-36(5,6)40(32(2)41)35(3,4)31-38(33)34(42)39-37(43-38)29-26-23-20-17-15-18-21-24-27-30-37/h33H,7-31H2,1-6H3,(H,39,42). The fourth-order valence-electron chi connectivity index (χ4n) is 9.45. The van der Waals surface area contributed by atoms with Crippen LogP contribution in [0.25, 0.3) is 0 Å². The summed E-state index contributed by atoms with van der Waals surface area (Å²) in [5.74, 6) is 0.164. The zero-order chi connectivity index (χ0) is 31.4. The van der Waals surface area contributed by atoms with Gasteiger partial charge in [0.15, 0.2) is 5.60 Å². The number of likely N-dealkylation sites (tertiary alicyclic amines) is 1. The van der Waals surface area contributed by atoms with Crippen molar-refractivity contribution in [1.29, 1.82) is 0 Å². The quantitative estimate of drug-likeness (QED) is 0.213. The molecule has 0 aromatic carbocycles. The largest absolute Gasteiger partial charge is 0.339 e. The van der Waals surface area contributed by atoms with Gasteiger partial charge in [-0.3, -0.25) is 9.59 Å². The maximum absolute atomic E-state index is 14.3. The lowest BCUT2D eigenvalue weighted by Gasteiger charge is -2.61. The second-order valence-electron chi connectivity index (χ2n) is 15.8. The van der Waals surface area contributed by atoms with Gasteiger partial charge in [0.25, 0.3) is 5.91 Å². The van der Waals surface area contributed by atoms with Crippen molar-refractivity contribution < 1.29 is 14.3 Å². The molecule has 1 N–H and O–H groups in total. The van der Waals surface area contributed by atoms with Crippen molar-refractivity contribution in [2.24, 2.45) is 5.92 Å². The number of hydrogen-bond acceptors (Lipinski definition) is 3. The van der Waals surface area contributed by atoms with Crippen LogP contribution in [0, 0.1) is 5.92 Å². The summed E-state index contributed by atoms with van der Waals surface area (Å²) in [6.45, 7) is 12.7. The van der Waals surface area contributed by atoms with Crippen molar-refractivity contribution in [2.45, 2.75) is 224 Å². The van der Waals surface area contributed by atoms with Gasteiger partial charge in [0.05, 0.1) is 0 Å². The van der Waals surface area contributed by atoms with Crippen LogP contribution < -0.4 is 5.32 Å². The first-order chi connectivity index (χ1) is 20.5. The van der Waals surface area contributed by atoms with Gasteiger partial charge in [-0.05, 0) is 59.8 Å². The summed E-state index contributed by atoms with van der Waals surface area (Å²) in [4.78, 5) is 29.6. The van der Waals surface area contributed by atoms with E-state index < -0.39 is 22.4 Å². The Morgan fingerprint density at radius 3 is 1.65 bits per heavy atom. The lowest BCUT2D eigenvalue weighted by atomic mass is 9.61. The molecule has 0 radical (unpaired) electrons. The van der Waals surface area contributed by atoms with E-state index in [1.165, 1.54) is 116 Å². The monoisotopic (exact) mass is 603 g/mol. The number of carbonyl (C=O) groups excluding carboxylic acids is 2. The number of unbranched alkanes of at least 4 members (excludes halogenated alkanes) is 11. The van der Waals surface area contributed by atoms with Crippen molar-refractivity contribution in [2.75, 3.05) is 0 Å². The van der Waals surface area contributed by atoms with E-state index in [1.807, 2.05) is 0 Å². The van der Waals surface area contributed by atoms with Gasteiger partial charge in [-0.1, -0.05) is 129 Å². The van der Waals surface area contributed by atoms with E-state index in [-0.39, 0.29) is 17.7 Å². The molecule has 1 aliphatic carbocycles. The summed E-state index contributed by atoms with van der Waals surface area (Å²) in [5, 5.41) is 3.51. The minimum atomic E-state index is -0.881. The third kappa shape index (κ3) is 9.69. The van der Waals surface area contributed by atoms with Gasteiger partial charge in [0.1, 0.15) is 5.72 Å². The Labute approximate surface area is 266 Å². The van der Waals surface area contributed by atoms with Gasteiger partial charge >= 0.3 is 0 Å². The van der Waals surface area contributed by atoms with E-state index >= 15 is 0 Å². The van der Waals surface area contributed by atoms with Crippen LogP contribution >= 0.6 is 0 Å². The number of hydrogen-bond donors (Lipinski definition) is 1. The highest BCUT2D eigenvalue weighted by atomic mass is 16.6. The van der Waals surface area contributed by atoms with Gasteiger partial charge in [-0.15, -0.1) is 0 Å². The van der Waals surface area contributed by atoms with Crippen LogP contribution in [0.4, 0.5) is 0 Å². The van der Waals surface area contributed by atoms with Crippen LogP contribution in [0.5, 0.6) is 0 Å².